The minimum absolute atomic E-state index is 0.0385. The van der Waals surface area contributed by atoms with Crippen molar-refractivity contribution >= 4 is 28.6 Å². The summed E-state index contributed by atoms with van der Waals surface area (Å²) in [5.41, 5.74) is 0.535. The van der Waals surface area contributed by atoms with Crippen molar-refractivity contribution < 1.29 is 19.5 Å². The highest BCUT2D eigenvalue weighted by molar-refractivity contribution is 6.00. The normalized spacial score (nSPS) is 20.9. The number of nitrogens with zero attached hydrogens (tertiary/aromatic N) is 1. The van der Waals surface area contributed by atoms with Crippen LogP contribution in [0.2, 0.25) is 0 Å². The van der Waals surface area contributed by atoms with Crippen LogP contribution in [0.4, 0.5) is 0 Å². The molecule has 3 rings (SSSR count). The van der Waals surface area contributed by atoms with Crippen molar-refractivity contribution in [3.63, 3.8) is 0 Å². The molecule has 22 heavy (non-hydrogen) atoms. The van der Waals surface area contributed by atoms with Crippen LogP contribution in [-0.2, 0) is 15.0 Å². The first-order valence-electron chi connectivity index (χ1n) is 7.33. The first-order valence-corrected chi connectivity index (χ1v) is 7.33. The quantitative estimate of drug-likeness (QED) is 0.941. The predicted octanol–water partition coefficient (Wildman–Crippen LogP) is 2.77. The molecule has 2 heterocycles. The molecule has 0 amide bonds. The maximum atomic E-state index is 12.4. The van der Waals surface area contributed by atoms with Gasteiger partial charge in [-0.3, -0.25) is 19.0 Å². The maximum absolute atomic E-state index is 12.4. The average Bonchev–Trinajstić information content (AvgIpc) is 2.87. The van der Waals surface area contributed by atoms with Gasteiger partial charge in [0, 0.05) is 23.9 Å². The van der Waals surface area contributed by atoms with Crippen molar-refractivity contribution in [2.45, 2.75) is 38.0 Å². The number of hydrogen-bond acceptors (Lipinski definition) is 3. The maximum Gasteiger partial charge on any atom is 0.303 e. The lowest BCUT2D eigenvalue weighted by atomic mass is 9.71. The molecular weight excluding hydrogens is 282 g/mol. The summed E-state index contributed by atoms with van der Waals surface area (Å²) >= 11 is 0. The average molecular weight is 299 g/mol. The zero-order valence-corrected chi connectivity index (χ0v) is 12.3. The summed E-state index contributed by atoms with van der Waals surface area (Å²) in [6, 6.07) is 9.34. The van der Waals surface area contributed by atoms with E-state index in [1.54, 1.807) is 4.57 Å². The number of aliphatic carboxylic acids is 1. The van der Waals surface area contributed by atoms with Gasteiger partial charge in [-0.1, -0.05) is 18.2 Å². The van der Waals surface area contributed by atoms with Gasteiger partial charge in [0.05, 0.1) is 10.9 Å². The molecule has 0 fully saturated rings. The molecule has 1 unspecified atom stereocenters. The molecule has 0 saturated carbocycles. The summed E-state index contributed by atoms with van der Waals surface area (Å²) < 4.78 is 1.60. The Morgan fingerprint density at radius 1 is 1.32 bits per heavy atom. The minimum Gasteiger partial charge on any atom is -0.481 e. The zero-order chi connectivity index (χ0) is 15.9. The van der Waals surface area contributed by atoms with Crippen molar-refractivity contribution in [3.8, 4) is 0 Å². The molecule has 1 atom stereocenters. The fraction of sp³-hybridized carbons (Fsp3) is 0.353. The fourth-order valence-corrected chi connectivity index (χ4v) is 3.44. The van der Waals surface area contributed by atoms with Crippen molar-refractivity contribution in [2.75, 3.05) is 0 Å². The molecule has 0 bridgehead atoms. The third-order valence-electron chi connectivity index (χ3n) is 4.66. The molecule has 1 aromatic heterocycles. The number of rotatable bonds is 4. The Morgan fingerprint density at radius 3 is 2.73 bits per heavy atom. The van der Waals surface area contributed by atoms with Gasteiger partial charge in [-0.2, -0.15) is 0 Å². The van der Waals surface area contributed by atoms with E-state index in [-0.39, 0.29) is 31.0 Å². The van der Waals surface area contributed by atoms with Gasteiger partial charge in [-0.05, 0) is 31.9 Å². The summed E-state index contributed by atoms with van der Waals surface area (Å²) in [6.07, 6.45) is 0.770. The topological polar surface area (TPSA) is 76.4 Å². The second-order valence-electron chi connectivity index (χ2n) is 5.85. The first kappa shape index (κ1) is 14.5. The minimum atomic E-state index is -0.930. The van der Waals surface area contributed by atoms with Gasteiger partial charge in [-0.25, -0.2) is 0 Å². The Bertz CT molecular complexity index is 789. The smallest absolute Gasteiger partial charge is 0.303 e. The number of fused-ring (bicyclic) bond motifs is 3. The summed E-state index contributed by atoms with van der Waals surface area (Å²) in [6.45, 7) is 1.49. The Hall–Kier alpha value is -2.43. The Kier molecular flexibility index (Phi) is 3.35. The molecule has 0 spiro atoms. The van der Waals surface area contributed by atoms with Gasteiger partial charge in [0.1, 0.15) is 5.78 Å². The van der Waals surface area contributed by atoms with Crippen LogP contribution < -0.4 is 0 Å². The lowest BCUT2D eigenvalue weighted by Gasteiger charge is -2.35. The molecule has 1 aromatic carbocycles. The summed E-state index contributed by atoms with van der Waals surface area (Å²) in [7, 11) is 0. The largest absolute Gasteiger partial charge is 0.481 e. The molecule has 0 aliphatic carbocycles. The summed E-state index contributed by atoms with van der Waals surface area (Å²) in [5.74, 6) is -1.05. The van der Waals surface area contributed by atoms with Crippen LogP contribution in [0.1, 0.15) is 43.1 Å². The number of carbonyl (C=O) groups excluding carboxylic acids is 2. The van der Waals surface area contributed by atoms with Crippen LogP contribution in [0, 0.1) is 0 Å². The van der Waals surface area contributed by atoms with E-state index in [0.717, 1.165) is 10.9 Å². The van der Waals surface area contributed by atoms with Gasteiger partial charge < -0.3 is 5.11 Å². The molecular formula is C17H17NO4. The van der Waals surface area contributed by atoms with Crippen LogP contribution in [-0.4, -0.2) is 27.3 Å². The number of carboxylic acid groups (broad SMARTS) is 1. The molecule has 0 saturated heterocycles. The van der Waals surface area contributed by atoms with E-state index in [9.17, 15) is 14.4 Å². The molecule has 5 nitrogen and oxygen atoms in total. The second-order valence-corrected chi connectivity index (χ2v) is 5.85. The molecule has 0 radical (unpaired) electrons. The van der Waals surface area contributed by atoms with Crippen molar-refractivity contribution in [1.82, 2.24) is 4.57 Å². The number of ketones is 1. The first-order chi connectivity index (χ1) is 10.5. The van der Waals surface area contributed by atoms with Gasteiger partial charge >= 0.3 is 5.97 Å². The number of carbonyl (C=O) groups is 3. The predicted molar refractivity (Wildman–Crippen MR) is 81.0 cm³/mol. The number of Topliss-reactive ketones (excluding diaryl/α,β-unsaturated/α-hetero) is 1. The van der Waals surface area contributed by atoms with Gasteiger partial charge in [0.2, 0.25) is 5.91 Å². The van der Waals surface area contributed by atoms with E-state index in [1.165, 1.54) is 6.92 Å². The number of benzene rings is 1. The third kappa shape index (κ3) is 2.04. The van der Waals surface area contributed by atoms with Gasteiger partial charge in [0.25, 0.3) is 0 Å². The lowest BCUT2D eigenvalue weighted by Crippen LogP contribution is -2.42. The number of hydrogen-bond donors (Lipinski definition) is 1. The number of para-hydroxylation sites is 1. The van der Waals surface area contributed by atoms with Crippen LogP contribution >= 0.6 is 0 Å². The fourth-order valence-electron chi connectivity index (χ4n) is 3.44. The summed E-state index contributed by atoms with van der Waals surface area (Å²) in [4.78, 5) is 35.7. The molecule has 1 N–H and O–H groups in total. The van der Waals surface area contributed by atoms with Crippen LogP contribution in [0.25, 0.3) is 10.9 Å². The molecule has 1 aliphatic heterocycles. The van der Waals surface area contributed by atoms with Gasteiger partial charge in [0.15, 0.2) is 0 Å². The zero-order valence-electron chi connectivity index (χ0n) is 12.3. The van der Waals surface area contributed by atoms with Crippen molar-refractivity contribution in [3.05, 3.63) is 36.0 Å². The molecule has 5 heteroatoms. The van der Waals surface area contributed by atoms with Crippen molar-refractivity contribution in [1.29, 1.82) is 0 Å². The van der Waals surface area contributed by atoms with Crippen molar-refractivity contribution in [2.24, 2.45) is 0 Å². The van der Waals surface area contributed by atoms with E-state index in [4.69, 9.17) is 5.11 Å². The molecule has 2 aromatic rings. The Balaban J connectivity index is 2.23. The number of aromatic nitrogens is 1. The van der Waals surface area contributed by atoms with E-state index >= 15 is 0 Å². The van der Waals surface area contributed by atoms with Crippen LogP contribution in [0.3, 0.4) is 0 Å². The van der Waals surface area contributed by atoms with Crippen LogP contribution in [0.15, 0.2) is 30.3 Å². The van der Waals surface area contributed by atoms with E-state index in [1.807, 2.05) is 30.3 Å². The lowest BCUT2D eigenvalue weighted by molar-refractivity contribution is -0.137. The standard InChI is InChI=1S/C17H17NO4/c1-11(19)17(9-7-16(21)22)8-6-15(20)18-13-5-3-2-4-12(13)10-14(17)18/h2-5,10H,6-9H2,1H3,(H,21,22). The highest BCUT2D eigenvalue weighted by atomic mass is 16.4. The Labute approximate surface area is 127 Å². The number of carboxylic acids is 1. The van der Waals surface area contributed by atoms with E-state index in [0.29, 0.717) is 12.1 Å². The van der Waals surface area contributed by atoms with E-state index in [2.05, 4.69) is 0 Å². The Morgan fingerprint density at radius 2 is 2.05 bits per heavy atom. The monoisotopic (exact) mass is 299 g/mol. The van der Waals surface area contributed by atoms with Crippen LogP contribution in [0.5, 0.6) is 0 Å². The van der Waals surface area contributed by atoms with Gasteiger partial charge in [-0.15, -0.1) is 0 Å². The molecule has 114 valence electrons. The third-order valence-corrected chi connectivity index (χ3v) is 4.66. The summed E-state index contributed by atoms with van der Waals surface area (Å²) in [5, 5.41) is 9.89. The highest BCUT2D eigenvalue weighted by Crippen LogP contribution is 2.41. The van der Waals surface area contributed by atoms with E-state index < -0.39 is 11.4 Å². The highest BCUT2D eigenvalue weighted by Gasteiger charge is 2.44. The molecule has 1 aliphatic rings. The SMILES string of the molecule is CC(=O)C1(CCC(=O)O)CCC(=O)n2c1cc1ccccc12. The second kappa shape index (κ2) is 5.09.